The van der Waals surface area contributed by atoms with Crippen LogP contribution in [0.25, 0.3) is 0 Å². The molecule has 2 aromatic carbocycles. The number of carbonyl (C=O) groups is 1. The van der Waals surface area contributed by atoms with E-state index < -0.39 is 21.7 Å². The topological polar surface area (TPSA) is 69.7 Å². The number of hydrogen-bond acceptors (Lipinski definition) is 4. The molecule has 33 heavy (non-hydrogen) atoms. The largest absolute Gasteiger partial charge is 0.371 e. The SMILES string of the molecule is O=C(NCC1CCN(c2ccc(F)c(F)c2)C1)c1ccc(S(=O)(=O)N2CCCCCC2)cc1. The third-order valence-electron chi connectivity index (χ3n) is 6.42. The number of halogens is 2. The van der Waals surface area contributed by atoms with Gasteiger partial charge in [0.2, 0.25) is 10.0 Å². The summed E-state index contributed by atoms with van der Waals surface area (Å²) >= 11 is 0. The van der Waals surface area contributed by atoms with Crippen LogP contribution < -0.4 is 10.2 Å². The van der Waals surface area contributed by atoms with Gasteiger partial charge < -0.3 is 10.2 Å². The summed E-state index contributed by atoms with van der Waals surface area (Å²) in [6.45, 7) is 2.86. The fourth-order valence-corrected chi connectivity index (χ4v) is 5.98. The van der Waals surface area contributed by atoms with Crippen LogP contribution in [0, 0.1) is 17.6 Å². The zero-order chi connectivity index (χ0) is 23.4. The fraction of sp³-hybridized carbons (Fsp3) is 0.458. The quantitative estimate of drug-likeness (QED) is 0.688. The van der Waals surface area contributed by atoms with Gasteiger partial charge in [-0.25, -0.2) is 17.2 Å². The number of carbonyl (C=O) groups excluding carboxylic acids is 1. The van der Waals surface area contributed by atoms with E-state index in [1.165, 1.54) is 22.5 Å². The van der Waals surface area contributed by atoms with Crippen LogP contribution in [0.15, 0.2) is 47.4 Å². The molecule has 1 N–H and O–H groups in total. The van der Waals surface area contributed by atoms with Gasteiger partial charge in [-0.2, -0.15) is 4.31 Å². The van der Waals surface area contributed by atoms with E-state index in [1.54, 1.807) is 18.2 Å². The van der Waals surface area contributed by atoms with Gasteiger partial charge in [-0.1, -0.05) is 12.8 Å². The van der Waals surface area contributed by atoms with E-state index in [9.17, 15) is 22.0 Å². The second-order valence-electron chi connectivity index (χ2n) is 8.75. The molecule has 1 atom stereocenters. The summed E-state index contributed by atoms with van der Waals surface area (Å²) in [6.07, 6.45) is 4.66. The first-order valence-corrected chi connectivity index (χ1v) is 12.9. The normalized spacial score (nSPS) is 19.9. The van der Waals surface area contributed by atoms with Crippen molar-refractivity contribution in [1.82, 2.24) is 9.62 Å². The second-order valence-corrected chi connectivity index (χ2v) is 10.7. The van der Waals surface area contributed by atoms with Gasteiger partial charge in [-0.3, -0.25) is 4.79 Å². The van der Waals surface area contributed by atoms with Crippen LogP contribution in [0.4, 0.5) is 14.5 Å². The molecule has 2 aromatic rings. The van der Waals surface area contributed by atoms with Crippen molar-refractivity contribution < 1.29 is 22.0 Å². The zero-order valence-electron chi connectivity index (χ0n) is 18.5. The van der Waals surface area contributed by atoms with E-state index in [1.807, 2.05) is 4.90 Å². The molecule has 0 aliphatic carbocycles. The highest BCUT2D eigenvalue weighted by Crippen LogP contribution is 2.25. The molecule has 0 aromatic heterocycles. The first-order chi connectivity index (χ1) is 15.8. The van der Waals surface area contributed by atoms with E-state index >= 15 is 0 Å². The summed E-state index contributed by atoms with van der Waals surface area (Å²) in [5, 5.41) is 2.90. The Hall–Kier alpha value is -2.52. The maximum atomic E-state index is 13.5. The molecule has 178 valence electrons. The molecular formula is C24H29F2N3O3S. The van der Waals surface area contributed by atoms with Crippen molar-refractivity contribution in [2.45, 2.75) is 37.0 Å². The Kier molecular flexibility index (Phi) is 7.29. The Morgan fingerprint density at radius 2 is 1.64 bits per heavy atom. The lowest BCUT2D eigenvalue weighted by Gasteiger charge is -2.20. The maximum Gasteiger partial charge on any atom is 0.251 e. The highest BCUT2D eigenvalue weighted by molar-refractivity contribution is 7.89. The molecule has 1 unspecified atom stereocenters. The third-order valence-corrected chi connectivity index (χ3v) is 8.34. The minimum absolute atomic E-state index is 0.185. The molecule has 2 heterocycles. The van der Waals surface area contributed by atoms with Crippen LogP contribution in [0.5, 0.6) is 0 Å². The van der Waals surface area contributed by atoms with E-state index in [0.29, 0.717) is 44.0 Å². The van der Waals surface area contributed by atoms with Crippen molar-refractivity contribution in [3.8, 4) is 0 Å². The smallest absolute Gasteiger partial charge is 0.251 e. The minimum atomic E-state index is -3.55. The Morgan fingerprint density at radius 1 is 0.939 bits per heavy atom. The summed E-state index contributed by atoms with van der Waals surface area (Å²) < 4.78 is 54.0. The maximum absolute atomic E-state index is 13.5. The summed E-state index contributed by atoms with van der Waals surface area (Å²) in [4.78, 5) is 14.7. The fourth-order valence-electron chi connectivity index (χ4n) is 4.46. The van der Waals surface area contributed by atoms with Crippen LogP contribution in [0.1, 0.15) is 42.5 Å². The standard InChI is InChI=1S/C24H29F2N3O3S/c25-22-10-7-20(15-23(22)26)28-14-11-18(17-28)16-27-24(30)19-5-8-21(9-6-19)33(31,32)29-12-3-1-2-4-13-29/h5-10,15,18H,1-4,11-14,16-17H2,(H,27,30). The highest BCUT2D eigenvalue weighted by atomic mass is 32.2. The van der Waals surface area contributed by atoms with E-state index in [-0.39, 0.29) is 16.7 Å². The Labute approximate surface area is 193 Å². The van der Waals surface area contributed by atoms with Gasteiger partial charge in [0.05, 0.1) is 4.90 Å². The predicted molar refractivity (Wildman–Crippen MR) is 123 cm³/mol. The number of nitrogens with zero attached hydrogens (tertiary/aromatic N) is 2. The summed E-state index contributed by atoms with van der Waals surface area (Å²) in [7, 11) is -3.55. The number of anilines is 1. The number of amides is 1. The highest BCUT2D eigenvalue weighted by Gasteiger charge is 2.26. The average Bonchev–Trinajstić information content (AvgIpc) is 3.11. The molecule has 2 fully saturated rings. The van der Waals surface area contributed by atoms with Crippen molar-refractivity contribution >= 4 is 21.6 Å². The Balaban J connectivity index is 1.31. The van der Waals surface area contributed by atoms with Crippen LogP contribution in [-0.2, 0) is 10.0 Å². The van der Waals surface area contributed by atoms with Crippen molar-refractivity contribution in [1.29, 1.82) is 0 Å². The van der Waals surface area contributed by atoms with Gasteiger partial charge in [0.15, 0.2) is 11.6 Å². The van der Waals surface area contributed by atoms with E-state index in [0.717, 1.165) is 38.2 Å². The number of nitrogens with one attached hydrogen (secondary N) is 1. The first kappa shape index (κ1) is 23.6. The second kappa shape index (κ2) is 10.2. The summed E-state index contributed by atoms with van der Waals surface area (Å²) in [6, 6.07) is 9.95. The first-order valence-electron chi connectivity index (χ1n) is 11.4. The van der Waals surface area contributed by atoms with Gasteiger partial charge in [-0.15, -0.1) is 0 Å². The van der Waals surface area contributed by atoms with Gasteiger partial charge in [0, 0.05) is 50.0 Å². The molecule has 0 spiro atoms. The molecule has 2 aliphatic rings. The monoisotopic (exact) mass is 477 g/mol. The van der Waals surface area contributed by atoms with Crippen LogP contribution in [0.3, 0.4) is 0 Å². The lowest BCUT2D eigenvalue weighted by atomic mass is 10.1. The molecule has 6 nitrogen and oxygen atoms in total. The molecule has 9 heteroatoms. The summed E-state index contributed by atoms with van der Waals surface area (Å²) in [5.74, 6) is -1.82. The number of sulfonamides is 1. The molecule has 2 saturated heterocycles. The lowest BCUT2D eigenvalue weighted by Crippen LogP contribution is -2.32. The van der Waals surface area contributed by atoms with Crippen molar-refractivity contribution in [3.05, 3.63) is 59.7 Å². The Morgan fingerprint density at radius 3 is 2.30 bits per heavy atom. The molecule has 2 aliphatic heterocycles. The average molecular weight is 478 g/mol. The zero-order valence-corrected chi connectivity index (χ0v) is 19.3. The third kappa shape index (κ3) is 5.52. The molecule has 1 amide bonds. The summed E-state index contributed by atoms with van der Waals surface area (Å²) in [5.41, 5.74) is 1.03. The van der Waals surface area contributed by atoms with Gasteiger partial charge in [0.1, 0.15) is 0 Å². The molecule has 4 rings (SSSR count). The number of benzene rings is 2. The van der Waals surface area contributed by atoms with Crippen LogP contribution in [-0.4, -0.2) is 51.4 Å². The van der Waals surface area contributed by atoms with Crippen molar-refractivity contribution in [2.24, 2.45) is 5.92 Å². The Bertz CT molecular complexity index is 1080. The number of hydrogen-bond donors (Lipinski definition) is 1. The van der Waals surface area contributed by atoms with E-state index in [2.05, 4.69) is 5.32 Å². The molecule has 0 saturated carbocycles. The molecule has 0 bridgehead atoms. The van der Waals surface area contributed by atoms with Gasteiger partial charge in [0.25, 0.3) is 5.91 Å². The number of rotatable bonds is 6. The van der Waals surface area contributed by atoms with Crippen LogP contribution >= 0.6 is 0 Å². The van der Waals surface area contributed by atoms with E-state index in [4.69, 9.17) is 0 Å². The predicted octanol–water partition coefficient (Wildman–Crippen LogP) is 3.79. The molecule has 0 radical (unpaired) electrons. The molecular weight excluding hydrogens is 448 g/mol. The van der Waals surface area contributed by atoms with Gasteiger partial charge in [-0.05, 0) is 61.6 Å². The van der Waals surface area contributed by atoms with Gasteiger partial charge >= 0.3 is 0 Å². The van der Waals surface area contributed by atoms with Crippen molar-refractivity contribution in [2.75, 3.05) is 37.6 Å². The van der Waals surface area contributed by atoms with Crippen molar-refractivity contribution in [3.63, 3.8) is 0 Å². The van der Waals surface area contributed by atoms with Crippen LogP contribution in [0.2, 0.25) is 0 Å². The minimum Gasteiger partial charge on any atom is -0.371 e. The lowest BCUT2D eigenvalue weighted by molar-refractivity contribution is 0.0948.